The topological polar surface area (TPSA) is 38.1 Å². The summed E-state index contributed by atoms with van der Waals surface area (Å²) in [5.74, 6) is 1.17. The van der Waals surface area contributed by atoms with Gasteiger partial charge in [-0.05, 0) is 43.5 Å². The van der Waals surface area contributed by atoms with Crippen LogP contribution in [0.3, 0.4) is 0 Å². The molecule has 0 unspecified atom stereocenters. The lowest BCUT2D eigenvalue weighted by molar-refractivity contribution is 0.476. The van der Waals surface area contributed by atoms with Crippen molar-refractivity contribution in [3.05, 3.63) is 41.7 Å². The van der Waals surface area contributed by atoms with Crippen molar-refractivity contribution in [3.8, 4) is 11.3 Å². The van der Waals surface area contributed by atoms with E-state index in [0.29, 0.717) is 29.8 Å². The molecule has 3 rings (SSSR count). The SMILES string of the molecule is Cc1cc(-c2cnc(CNC3CC3)o2)ccc1F. The second kappa shape index (κ2) is 4.53. The minimum atomic E-state index is -0.200. The Bertz CT molecular complexity index is 561. The summed E-state index contributed by atoms with van der Waals surface area (Å²) in [6, 6.07) is 5.57. The zero-order valence-corrected chi connectivity index (χ0v) is 10.2. The largest absolute Gasteiger partial charge is 0.439 e. The number of benzene rings is 1. The second-order valence-corrected chi connectivity index (χ2v) is 4.74. The molecule has 1 aromatic heterocycles. The predicted octanol–water partition coefficient (Wildman–Crippen LogP) is 3.04. The molecule has 1 aromatic carbocycles. The van der Waals surface area contributed by atoms with Gasteiger partial charge in [0.15, 0.2) is 5.76 Å². The molecule has 0 radical (unpaired) electrons. The number of halogens is 1. The molecule has 0 saturated heterocycles. The van der Waals surface area contributed by atoms with E-state index in [1.54, 1.807) is 25.3 Å². The molecule has 1 aliphatic rings. The monoisotopic (exact) mass is 246 g/mol. The molecule has 0 aliphatic heterocycles. The van der Waals surface area contributed by atoms with Crippen LogP contribution in [-0.4, -0.2) is 11.0 Å². The maximum Gasteiger partial charge on any atom is 0.208 e. The molecule has 0 atom stereocenters. The highest BCUT2D eigenvalue weighted by atomic mass is 19.1. The fourth-order valence-electron chi connectivity index (χ4n) is 1.84. The zero-order chi connectivity index (χ0) is 12.5. The number of nitrogens with one attached hydrogen (secondary N) is 1. The summed E-state index contributed by atoms with van der Waals surface area (Å²) in [6.45, 7) is 2.40. The molecule has 1 heterocycles. The van der Waals surface area contributed by atoms with Crippen LogP contribution in [0.15, 0.2) is 28.8 Å². The maximum atomic E-state index is 13.2. The van der Waals surface area contributed by atoms with Crippen molar-refractivity contribution >= 4 is 0 Å². The van der Waals surface area contributed by atoms with Gasteiger partial charge in [-0.25, -0.2) is 9.37 Å². The Labute approximate surface area is 105 Å². The summed E-state index contributed by atoms with van der Waals surface area (Å²) in [5, 5.41) is 3.34. The summed E-state index contributed by atoms with van der Waals surface area (Å²) in [6.07, 6.45) is 4.17. The number of nitrogens with zero attached hydrogens (tertiary/aromatic N) is 1. The van der Waals surface area contributed by atoms with Crippen molar-refractivity contribution in [2.24, 2.45) is 0 Å². The lowest BCUT2D eigenvalue weighted by atomic mass is 10.1. The van der Waals surface area contributed by atoms with Crippen molar-refractivity contribution in [2.45, 2.75) is 32.4 Å². The number of rotatable bonds is 4. The lowest BCUT2D eigenvalue weighted by Gasteiger charge is -2.00. The van der Waals surface area contributed by atoms with Crippen LogP contribution in [0.25, 0.3) is 11.3 Å². The normalized spacial score (nSPS) is 15.0. The Kier molecular flexibility index (Phi) is 2.88. The van der Waals surface area contributed by atoms with Gasteiger partial charge in [-0.1, -0.05) is 0 Å². The Hall–Kier alpha value is -1.68. The minimum Gasteiger partial charge on any atom is -0.439 e. The van der Waals surface area contributed by atoms with Crippen LogP contribution in [0.1, 0.15) is 24.3 Å². The first-order valence-corrected chi connectivity index (χ1v) is 6.17. The average Bonchev–Trinajstić information content (AvgIpc) is 3.08. The third-order valence-electron chi connectivity index (χ3n) is 3.12. The lowest BCUT2D eigenvalue weighted by Crippen LogP contribution is -2.15. The van der Waals surface area contributed by atoms with Gasteiger partial charge in [0.1, 0.15) is 5.82 Å². The highest BCUT2D eigenvalue weighted by molar-refractivity contribution is 5.57. The number of aryl methyl sites for hydroxylation is 1. The van der Waals surface area contributed by atoms with Gasteiger partial charge in [0.2, 0.25) is 5.89 Å². The molecule has 3 nitrogen and oxygen atoms in total. The molecule has 1 fully saturated rings. The number of oxazole rings is 1. The average molecular weight is 246 g/mol. The molecule has 94 valence electrons. The van der Waals surface area contributed by atoms with Crippen molar-refractivity contribution in [3.63, 3.8) is 0 Å². The van der Waals surface area contributed by atoms with Gasteiger partial charge in [-0.3, -0.25) is 0 Å². The van der Waals surface area contributed by atoms with Gasteiger partial charge < -0.3 is 9.73 Å². The molecule has 0 spiro atoms. The van der Waals surface area contributed by atoms with E-state index in [1.807, 2.05) is 0 Å². The van der Waals surface area contributed by atoms with Gasteiger partial charge in [-0.15, -0.1) is 0 Å². The highest BCUT2D eigenvalue weighted by Gasteiger charge is 2.21. The quantitative estimate of drug-likeness (QED) is 0.901. The summed E-state index contributed by atoms with van der Waals surface area (Å²) < 4.78 is 18.8. The van der Waals surface area contributed by atoms with E-state index in [-0.39, 0.29) is 5.82 Å². The first-order chi connectivity index (χ1) is 8.72. The molecule has 1 N–H and O–H groups in total. The van der Waals surface area contributed by atoms with Crippen LogP contribution in [0.5, 0.6) is 0 Å². The molecule has 18 heavy (non-hydrogen) atoms. The van der Waals surface area contributed by atoms with Crippen LogP contribution < -0.4 is 5.32 Å². The molecule has 1 saturated carbocycles. The second-order valence-electron chi connectivity index (χ2n) is 4.74. The van der Waals surface area contributed by atoms with Crippen LogP contribution in [0.2, 0.25) is 0 Å². The zero-order valence-electron chi connectivity index (χ0n) is 10.2. The third kappa shape index (κ3) is 2.43. The van der Waals surface area contributed by atoms with Crippen LogP contribution in [0, 0.1) is 12.7 Å². The van der Waals surface area contributed by atoms with E-state index in [2.05, 4.69) is 10.3 Å². The van der Waals surface area contributed by atoms with Crippen molar-refractivity contribution in [1.29, 1.82) is 0 Å². The van der Waals surface area contributed by atoms with Crippen molar-refractivity contribution in [1.82, 2.24) is 10.3 Å². The van der Waals surface area contributed by atoms with Crippen molar-refractivity contribution in [2.75, 3.05) is 0 Å². The Balaban J connectivity index is 1.76. The number of aromatic nitrogens is 1. The third-order valence-corrected chi connectivity index (χ3v) is 3.12. The molecule has 0 amide bonds. The fraction of sp³-hybridized carbons (Fsp3) is 0.357. The van der Waals surface area contributed by atoms with Crippen LogP contribution in [0.4, 0.5) is 4.39 Å². The van der Waals surface area contributed by atoms with E-state index in [9.17, 15) is 4.39 Å². The van der Waals surface area contributed by atoms with Gasteiger partial charge in [-0.2, -0.15) is 0 Å². The van der Waals surface area contributed by atoms with E-state index >= 15 is 0 Å². The summed E-state index contributed by atoms with van der Waals surface area (Å²) in [7, 11) is 0. The molecule has 0 bridgehead atoms. The summed E-state index contributed by atoms with van der Waals surface area (Å²) in [4.78, 5) is 4.22. The Morgan fingerprint density at radius 3 is 3.00 bits per heavy atom. The molecular formula is C14H15FN2O. The standard InChI is InChI=1S/C14H15FN2O/c1-9-6-10(2-5-12(9)15)13-7-17-14(18-13)8-16-11-3-4-11/h2,5-7,11,16H,3-4,8H2,1H3. The molecule has 1 aliphatic carbocycles. The molecule has 2 aromatic rings. The van der Waals surface area contributed by atoms with E-state index in [1.165, 1.54) is 18.9 Å². The van der Waals surface area contributed by atoms with E-state index < -0.39 is 0 Å². The smallest absolute Gasteiger partial charge is 0.208 e. The van der Waals surface area contributed by atoms with Crippen LogP contribution in [-0.2, 0) is 6.54 Å². The summed E-state index contributed by atoms with van der Waals surface area (Å²) >= 11 is 0. The van der Waals surface area contributed by atoms with Crippen molar-refractivity contribution < 1.29 is 8.81 Å². The van der Waals surface area contributed by atoms with Gasteiger partial charge in [0.25, 0.3) is 0 Å². The summed E-state index contributed by atoms with van der Waals surface area (Å²) in [5.41, 5.74) is 1.47. The fourth-order valence-corrected chi connectivity index (χ4v) is 1.84. The number of hydrogen-bond acceptors (Lipinski definition) is 3. The Morgan fingerprint density at radius 1 is 1.44 bits per heavy atom. The van der Waals surface area contributed by atoms with Crippen LogP contribution >= 0.6 is 0 Å². The first-order valence-electron chi connectivity index (χ1n) is 6.17. The van der Waals surface area contributed by atoms with Gasteiger partial charge in [0.05, 0.1) is 12.7 Å². The first kappa shape index (κ1) is 11.4. The predicted molar refractivity (Wildman–Crippen MR) is 66.5 cm³/mol. The number of hydrogen-bond donors (Lipinski definition) is 1. The molecule has 4 heteroatoms. The highest BCUT2D eigenvalue weighted by Crippen LogP contribution is 2.23. The van der Waals surface area contributed by atoms with E-state index in [4.69, 9.17) is 4.42 Å². The molecular weight excluding hydrogens is 231 g/mol. The Morgan fingerprint density at radius 2 is 2.28 bits per heavy atom. The van der Waals surface area contributed by atoms with Gasteiger partial charge >= 0.3 is 0 Å². The minimum absolute atomic E-state index is 0.200. The maximum absolute atomic E-state index is 13.2. The van der Waals surface area contributed by atoms with E-state index in [0.717, 1.165) is 5.56 Å². The van der Waals surface area contributed by atoms with Gasteiger partial charge in [0, 0.05) is 11.6 Å².